The molecule has 1 amide bonds. The topological polar surface area (TPSA) is 83.8 Å². The molecule has 6 nitrogen and oxygen atoms in total. The minimum atomic E-state index is -4.44. The Kier molecular flexibility index (Phi) is 4.98. The van der Waals surface area contributed by atoms with Crippen molar-refractivity contribution in [3.63, 3.8) is 0 Å². The molecule has 10 heteroatoms. The van der Waals surface area contributed by atoms with Gasteiger partial charge in [0.25, 0.3) is 5.91 Å². The van der Waals surface area contributed by atoms with Gasteiger partial charge in [0.05, 0.1) is 16.6 Å². The molecule has 0 aliphatic heterocycles. The Hall–Kier alpha value is -3.69. The van der Waals surface area contributed by atoms with Crippen LogP contribution in [-0.2, 0) is 12.6 Å². The number of aromatic nitrogens is 3. The molecule has 30 heavy (non-hydrogen) atoms. The van der Waals surface area contributed by atoms with Crippen LogP contribution < -0.4 is 5.32 Å². The lowest BCUT2D eigenvalue weighted by molar-refractivity contribution is -0.137. The van der Waals surface area contributed by atoms with E-state index in [1.807, 2.05) is 0 Å². The average molecular weight is 418 g/mol. The number of nitrogens with zero attached hydrogens (tertiary/aromatic N) is 2. The van der Waals surface area contributed by atoms with E-state index >= 15 is 0 Å². The summed E-state index contributed by atoms with van der Waals surface area (Å²) >= 11 is 0. The van der Waals surface area contributed by atoms with Gasteiger partial charge >= 0.3 is 6.18 Å². The summed E-state index contributed by atoms with van der Waals surface area (Å²) in [7, 11) is 0. The molecule has 0 aliphatic rings. The highest BCUT2D eigenvalue weighted by Gasteiger charge is 2.30. The van der Waals surface area contributed by atoms with E-state index in [1.165, 1.54) is 24.3 Å². The van der Waals surface area contributed by atoms with Gasteiger partial charge in [-0.2, -0.15) is 13.2 Å². The van der Waals surface area contributed by atoms with Gasteiger partial charge in [-0.25, -0.2) is 14.4 Å². The molecule has 2 aromatic carbocycles. The molecule has 0 atom stereocenters. The summed E-state index contributed by atoms with van der Waals surface area (Å²) < 4.78 is 56.3. The zero-order chi connectivity index (χ0) is 21.3. The highest BCUT2D eigenvalue weighted by atomic mass is 19.4. The number of nitrogens with one attached hydrogen (secondary N) is 2. The van der Waals surface area contributed by atoms with Crippen molar-refractivity contribution in [1.82, 2.24) is 20.3 Å². The van der Waals surface area contributed by atoms with Crippen LogP contribution in [0.15, 0.2) is 53.1 Å². The predicted octanol–water partition coefficient (Wildman–Crippen LogP) is 4.35. The summed E-state index contributed by atoms with van der Waals surface area (Å²) in [6, 6.07) is 8.48. The van der Waals surface area contributed by atoms with Gasteiger partial charge in [0.15, 0.2) is 5.69 Å². The summed E-state index contributed by atoms with van der Waals surface area (Å²) in [4.78, 5) is 23.5. The lowest BCUT2D eigenvalue weighted by Crippen LogP contribution is -2.26. The monoisotopic (exact) mass is 418 g/mol. The minimum Gasteiger partial charge on any atom is -0.444 e. The molecule has 2 heterocycles. The first-order valence-corrected chi connectivity index (χ1v) is 8.85. The van der Waals surface area contributed by atoms with Gasteiger partial charge in [0, 0.05) is 18.5 Å². The van der Waals surface area contributed by atoms with Crippen molar-refractivity contribution in [2.75, 3.05) is 6.54 Å². The zero-order valence-electron chi connectivity index (χ0n) is 15.3. The maximum absolute atomic E-state index is 13.2. The van der Waals surface area contributed by atoms with Crippen molar-refractivity contribution >= 4 is 16.9 Å². The number of benzene rings is 2. The second kappa shape index (κ2) is 7.62. The minimum absolute atomic E-state index is 0.00317. The molecule has 4 aromatic rings. The van der Waals surface area contributed by atoms with Gasteiger partial charge < -0.3 is 14.7 Å². The molecule has 154 valence electrons. The number of hydrogen-bond acceptors (Lipinski definition) is 4. The van der Waals surface area contributed by atoms with Crippen molar-refractivity contribution < 1.29 is 26.8 Å². The first kappa shape index (κ1) is 19.6. The lowest BCUT2D eigenvalue weighted by Gasteiger charge is -2.06. The normalized spacial score (nSPS) is 11.7. The third kappa shape index (κ3) is 4.17. The largest absolute Gasteiger partial charge is 0.444 e. The van der Waals surface area contributed by atoms with Crippen LogP contribution in [0.25, 0.3) is 22.5 Å². The van der Waals surface area contributed by atoms with E-state index in [1.54, 1.807) is 6.07 Å². The van der Waals surface area contributed by atoms with E-state index in [2.05, 4.69) is 20.3 Å². The van der Waals surface area contributed by atoms with Crippen LogP contribution in [0.2, 0.25) is 0 Å². The Morgan fingerprint density at radius 1 is 1.10 bits per heavy atom. The number of H-pyrrole nitrogens is 1. The van der Waals surface area contributed by atoms with E-state index in [9.17, 15) is 22.4 Å². The number of fused-ring (bicyclic) bond motifs is 1. The summed E-state index contributed by atoms with van der Waals surface area (Å²) in [5.74, 6) is -0.255. The van der Waals surface area contributed by atoms with E-state index < -0.39 is 17.6 Å². The number of oxazole rings is 1. The zero-order valence-corrected chi connectivity index (χ0v) is 15.3. The molecule has 0 spiro atoms. The molecule has 0 aliphatic carbocycles. The maximum atomic E-state index is 13.2. The van der Waals surface area contributed by atoms with E-state index in [0.717, 1.165) is 18.4 Å². The number of alkyl halides is 3. The number of rotatable bonds is 5. The average Bonchev–Trinajstić information content (AvgIpc) is 3.34. The standard InChI is InChI=1S/C20H14F4N4O2/c21-13-5-6-14-15(9-13)27-17(26-14)7-8-25-18(29)16-10-30-19(28-16)11-1-3-12(4-2-11)20(22,23)24/h1-6,9-10H,7-8H2,(H,25,29)(H,26,27). The van der Waals surface area contributed by atoms with Gasteiger partial charge in [-0.15, -0.1) is 0 Å². The van der Waals surface area contributed by atoms with Crippen LogP contribution in [-0.4, -0.2) is 27.4 Å². The molecule has 0 unspecified atom stereocenters. The van der Waals surface area contributed by atoms with Crippen molar-refractivity contribution in [3.05, 3.63) is 71.6 Å². The third-order valence-electron chi connectivity index (χ3n) is 4.34. The van der Waals surface area contributed by atoms with Gasteiger partial charge in [-0.1, -0.05) is 0 Å². The van der Waals surface area contributed by atoms with Crippen LogP contribution in [0.5, 0.6) is 0 Å². The molecule has 0 radical (unpaired) electrons. The van der Waals surface area contributed by atoms with Gasteiger partial charge in [-0.3, -0.25) is 4.79 Å². The fourth-order valence-corrected chi connectivity index (χ4v) is 2.85. The quantitative estimate of drug-likeness (QED) is 0.472. The number of amides is 1. The molecule has 2 N–H and O–H groups in total. The van der Waals surface area contributed by atoms with Crippen molar-refractivity contribution in [2.24, 2.45) is 0 Å². The Balaban J connectivity index is 1.36. The highest BCUT2D eigenvalue weighted by Crippen LogP contribution is 2.30. The third-order valence-corrected chi connectivity index (χ3v) is 4.34. The Labute approximate surface area is 167 Å². The molecule has 2 aromatic heterocycles. The van der Waals surface area contributed by atoms with E-state index in [-0.39, 0.29) is 23.9 Å². The lowest BCUT2D eigenvalue weighted by atomic mass is 10.1. The van der Waals surface area contributed by atoms with Crippen molar-refractivity contribution in [1.29, 1.82) is 0 Å². The molecule has 4 rings (SSSR count). The van der Waals surface area contributed by atoms with Crippen LogP contribution in [0.1, 0.15) is 21.9 Å². The fourth-order valence-electron chi connectivity index (χ4n) is 2.85. The Morgan fingerprint density at radius 3 is 2.60 bits per heavy atom. The molecular weight excluding hydrogens is 404 g/mol. The van der Waals surface area contributed by atoms with Gasteiger partial charge in [-0.05, 0) is 42.5 Å². The number of halogens is 4. The number of hydrogen-bond donors (Lipinski definition) is 2. The summed E-state index contributed by atoms with van der Waals surface area (Å²) in [6.45, 7) is 0.240. The van der Waals surface area contributed by atoms with Crippen molar-refractivity contribution in [3.8, 4) is 11.5 Å². The first-order chi connectivity index (χ1) is 14.3. The number of aromatic amines is 1. The molecule has 0 saturated carbocycles. The Morgan fingerprint density at radius 2 is 1.87 bits per heavy atom. The van der Waals surface area contributed by atoms with Crippen LogP contribution in [0.4, 0.5) is 17.6 Å². The molecular formula is C20H14F4N4O2. The first-order valence-electron chi connectivity index (χ1n) is 8.85. The maximum Gasteiger partial charge on any atom is 0.416 e. The smallest absolute Gasteiger partial charge is 0.416 e. The Bertz CT molecular complexity index is 1200. The van der Waals surface area contributed by atoms with Crippen LogP contribution in [0, 0.1) is 5.82 Å². The van der Waals surface area contributed by atoms with Crippen LogP contribution >= 0.6 is 0 Å². The number of carbonyl (C=O) groups is 1. The summed E-state index contributed by atoms with van der Waals surface area (Å²) in [5, 5.41) is 2.65. The summed E-state index contributed by atoms with van der Waals surface area (Å²) in [6.07, 6.45) is -2.92. The van der Waals surface area contributed by atoms with Crippen LogP contribution in [0.3, 0.4) is 0 Å². The second-order valence-electron chi connectivity index (χ2n) is 6.46. The molecule has 0 saturated heterocycles. The second-order valence-corrected chi connectivity index (χ2v) is 6.46. The summed E-state index contributed by atoms with van der Waals surface area (Å²) in [5.41, 5.74) is 0.710. The SMILES string of the molecule is O=C(NCCc1nc2ccc(F)cc2[nH]1)c1coc(-c2ccc(C(F)(F)F)cc2)n1. The van der Waals surface area contributed by atoms with E-state index in [4.69, 9.17) is 4.42 Å². The molecule has 0 bridgehead atoms. The number of carbonyl (C=O) groups excluding carboxylic acids is 1. The highest BCUT2D eigenvalue weighted by molar-refractivity contribution is 5.92. The van der Waals surface area contributed by atoms with E-state index in [0.29, 0.717) is 28.8 Å². The number of imidazole rings is 1. The fraction of sp³-hybridized carbons (Fsp3) is 0.150. The molecule has 0 fully saturated rings. The van der Waals surface area contributed by atoms with Crippen molar-refractivity contribution in [2.45, 2.75) is 12.6 Å². The van der Waals surface area contributed by atoms with Gasteiger partial charge in [0.1, 0.15) is 17.9 Å². The predicted molar refractivity (Wildman–Crippen MR) is 99.0 cm³/mol. The van der Waals surface area contributed by atoms with Gasteiger partial charge in [0.2, 0.25) is 5.89 Å².